The summed E-state index contributed by atoms with van der Waals surface area (Å²) >= 11 is 5.77. The van der Waals surface area contributed by atoms with E-state index in [4.69, 9.17) is 16.3 Å². The summed E-state index contributed by atoms with van der Waals surface area (Å²) in [6.45, 7) is 0. The van der Waals surface area contributed by atoms with Gasteiger partial charge in [-0.15, -0.1) is 0 Å². The summed E-state index contributed by atoms with van der Waals surface area (Å²) in [4.78, 5) is 12.1. The van der Waals surface area contributed by atoms with E-state index in [0.717, 1.165) is 5.56 Å². The first-order valence-corrected chi connectivity index (χ1v) is 6.09. The summed E-state index contributed by atoms with van der Waals surface area (Å²) in [6, 6.07) is 11.4. The largest absolute Gasteiger partial charge is 0.494 e. The van der Waals surface area contributed by atoms with Gasteiger partial charge < -0.3 is 4.74 Å². The number of ether oxygens (including phenoxy) is 1. The predicted octanol–water partition coefficient (Wildman–Crippen LogP) is 3.91. The van der Waals surface area contributed by atoms with Crippen LogP contribution in [-0.4, -0.2) is 12.9 Å². The second-order valence-electron chi connectivity index (χ2n) is 4.05. The number of hydrogen-bond acceptors (Lipinski definition) is 2. The molecule has 0 saturated heterocycles. The molecule has 0 radical (unpaired) electrons. The molecule has 0 heterocycles. The molecule has 0 aliphatic heterocycles. The van der Waals surface area contributed by atoms with Crippen molar-refractivity contribution >= 4 is 17.4 Å². The predicted molar refractivity (Wildman–Crippen MR) is 72.4 cm³/mol. The molecule has 4 heteroatoms. The zero-order valence-corrected chi connectivity index (χ0v) is 11.1. The third kappa shape index (κ3) is 3.12. The van der Waals surface area contributed by atoms with Crippen molar-refractivity contribution in [2.24, 2.45) is 0 Å². The number of halogens is 2. The maximum Gasteiger partial charge on any atom is 0.175 e. The summed E-state index contributed by atoms with van der Waals surface area (Å²) in [5.74, 6) is -0.843. The van der Waals surface area contributed by atoms with Crippen LogP contribution < -0.4 is 4.74 Å². The molecule has 2 rings (SSSR count). The lowest BCUT2D eigenvalue weighted by atomic mass is 10.0. The molecule has 0 fully saturated rings. The van der Waals surface area contributed by atoms with Gasteiger partial charge in [0.15, 0.2) is 17.3 Å². The Hall–Kier alpha value is -1.87. The Bertz CT molecular complexity index is 594. The van der Waals surface area contributed by atoms with E-state index in [1.807, 2.05) is 0 Å². The molecule has 0 aliphatic rings. The molecule has 0 spiro atoms. The van der Waals surface area contributed by atoms with Crippen molar-refractivity contribution in [1.29, 1.82) is 0 Å². The molecule has 0 saturated carbocycles. The van der Waals surface area contributed by atoms with Gasteiger partial charge in [0.05, 0.1) is 12.7 Å². The number of carbonyl (C=O) groups excluding carboxylic acids is 1. The lowest BCUT2D eigenvalue weighted by Gasteiger charge is -2.06. The maximum absolute atomic E-state index is 13.9. The van der Waals surface area contributed by atoms with Gasteiger partial charge in [0.1, 0.15) is 0 Å². The molecule has 0 bridgehead atoms. The highest BCUT2D eigenvalue weighted by Crippen LogP contribution is 2.21. The number of hydrogen-bond donors (Lipinski definition) is 0. The molecule has 0 aliphatic carbocycles. The Morgan fingerprint density at radius 2 is 1.89 bits per heavy atom. The SMILES string of the molecule is COc1cccc(C(=O)Cc2ccc(Cl)cc2)c1F. The number of ketones is 1. The zero-order chi connectivity index (χ0) is 13.8. The van der Waals surface area contributed by atoms with Gasteiger partial charge in [0.2, 0.25) is 0 Å². The third-order valence-corrected chi connectivity index (χ3v) is 3.01. The van der Waals surface area contributed by atoms with Crippen LogP contribution in [0.25, 0.3) is 0 Å². The molecule has 98 valence electrons. The summed E-state index contributed by atoms with van der Waals surface area (Å²) in [5, 5.41) is 0.601. The first kappa shape index (κ1) is 13.6. The Labute approximate surface area is 115 Å². The molecule has 0 amide bonds. The normalized spacial score (nSPS) is 10.3. The lowest BCUT2D eigenvalue weighted by molar-refractivity contribution is 0.0988. The van der Waals surface area contributed by atoms with Crippen LogP contribution in [-0.2, 0) is 6.42 Å². The second-order valence-corrected chi connectivity index (χ2v) is 4.48. The Morgan fingerprint density at radius 3 is 2.53 bits per heavy atom. The summed E-state index contributed by atoms with van der Waals surface area (Å²) in [7, 11) is 1.37. The first-order chi connectivity index (χ1) is 9.11. The highest BCUT2D eigenvalue weighted by Gasteiger charge is 2.15. The number of methoxy groups -OCH3 is 1. The molecule has 2 nitrogen and oxygen atoms in total. The molecule has 0 N–H and O–H groups in total. The van der Waals surface area contributed by atoms with E-state index in [-0.39, 0.29) is 23.5 Å². The standard InChI is InChI=1S/C15H12ClFO2/c1-19-14-4-2-3-12(15(14)17)13(18)9-10-5-7-11(16)8-6-10/h2-8H,9H2,1H3. The van der Waals surface area contributed by atoms with Crippen molar-refractivity contribution in [3.63, 3.8) is 0 Å². The topological polar surface area (TPSA) is 26.3 Å². The third-order valence-electron chi connectivity index (χ3n) is 2.76. The van der Waals surface area contributed by atoms with Crippen LogP contribution in [0, 0.1) is 5.82 Å². The van der Waals surface area contributed by atoms with Gasteiger partial charge >= 0.3 is 0 Å². The van der Waals surface area contributed by atoms with Gasteiger partial charge in [-0.1, -0.05) is 29.8 Å². The van der Waals surface area contributed by atoms with Gasteiger partial charge in [0, 0.05) is 11.4 Å². The van der Waals surface area contributed by atoms with Crippen molar-refractivity contribution in [3.05, 3.63) is 64.4 Å². The highest BCUT2D eigenvalue weighted by molar-refractivity contribution is 6.30. The number of Topliss-reactive ketones (excluding diaryl/α,β-unsaturated/α-hetero) is 1. The van der Waals surface area contributed by atoms with E-state index in [0.29, 0.717) is 5.02 Å². The van der Waals surface area contributed by atoms with Crippen LogP contribution in [0.15, 0.2) is 42.5 Å². The summed E-state index contributed by atoms with van der Waals surface area (Å²) in [5.41, 5.74) is 0.825. The molecule has 0 atom stereocenters. The fourth-order valence-corrected chi connectivity index (χ4v) is 1.89. The molecular formula is C15H12ClFO2. The smallest absolute Gasteiger partial charge is 0.175 e. The van der Waals surface area contributed by atoms with Crippen molar-refractivity contribution < 1.29 is 13.9 Å². The fourth-order valence-electron chi connectivity index (χ4n) is 1.77. The minimum atomic E-state index is -0.621. The van der Waals surface area contributed by atoms with Gasteiger partial charge in [0.25, 0.3) is 0 Å². The monoisotopic (exact) mass is 278 g/mol. The van der Waals surface area contributed by atoms with Crippen LogP contribution in [0.4, 0.5) is 4.39 Å². The number of benzene rings is 2. The highest BCUT2D eigenvalue weighted by atomic mass is 35.5. The van der Waals surface area contributed by atoms with E-state index >= 15 is 0 Å². The van der Waals surface area contributed by atoms with Gasteiger partial charge in [-0.25, -0.2) is 4.39 Å². The average molecular weight is 279 g/mol. The van der Waals surface area contributed by atoms with Crippen LogP contribution in [0.3, 0.4) is 0 Å². The van der Waals surface area contributed by atoms with E-state index < -0.39 is 5.82 Å². The van der Waals surface area contributed by atoms with Gasteiger partial charge in [-0.05, 0) is 29.8 Å². The second kappa shape index (κ2) is 5.85. The van der Waals surface area contributed by atoms with Crippen LogP contribution in [0.1, 0.15) is 15.9 Å². The Kier molecular flexibility index (Phi) is 4.17. The zero-order valence-electron chi connectivity index (χ0n) is 10.3. The fraction of sp³-hybridized carbons (Fsp3) is 0.133. The van der Waals surface area contributed by atoms with Crippen molar-refractivity contribution in [3.8, 4) is 5.75 Å². The summed E-state index contributed by atoms with van der Waals surface area (Å²) < 4.78 is 18.8. The molecule has 0 aromatic heterocycles. The van der Waals surface area contributed by atoms with Crippen molar-refractivity contribution in [2.45, 2.75) is 6.42 Å². The van der Waals surface area contributed by atoms with E-state index in [9.17, 15) is 9.18 Å². The number of carbonyl (C=O) groups is 1. The van der Waals surface area contributed by atoms with Crippen molar-refractivity contribution in [2.75, 3.05) is 7.11 Å². The van der Waals surface area contributed by atoms with E-state index in [1.54, 1.807) is 30.3 Å². The Morgan fingerprint density at radius 1 is 1.21 bits per heavy atom. The van der Waals surface area contributed by atoms with Gasteiger partial charge in [-0.3, -0.25) is 4.79 Å². The molecule has 2 aromatic rings. The van der Waals surface area contributed by atoms with Crippen molar-refractivity contribution in [1.82, 2.24) is 0 Å². The van der Waals surface area contributed by atoms with E-state index in [2.05, 4.69) is 0 Å². The molecule has 19 heavy (non-hydrogen) atoms. The number of rotatable bonds is 4. The average Bonchev–Trinajstić information content (AvgIpc) is 2.41. The molecule has 2 aromatic carbocycles. The maximum atomic E-state index is 13.9. The van der Waals surface area contributed by atoms with E-state index in [1.165, 1.54) is 19.2 Å². The van der Waals surface area contributed by atoms with Gasteiger partial charge in [-0.2, -0.15) is 0 Å². The van der Waals surface area contributed by atoms with Crippen LogP contribution in [0.5, 0.6) is 5.75 Å². The first-order valence-electron chi connectivity index (χ1n) is 5.72. The van der Waals surface area contributed by atoms with Crippen LogP contribution in [0.2, 0.25) is 5.02 Å². The Balaban J connectivity index is 2.23. The minimum absolute atomic E-state index is 0.0364. The lowest BCUT2D eigenvalue weighted by Crippen LogP contribution is -2.07. The summed E-state index contributed by atoms with van der Waals surface area (Å²) in [6.07, 6.45) is 0.126. The molecular weight excluding hydrogens is 267 g/mol. The molecule has 0 unspecified atom stereocenters. The minimum Gasteiger partial charge on any atom is -0.494 e. The van der Waals surface area contributed by atoms with Crippen LogP contribution >= 0.6 is 11.6 Å². The quantitative estimate of drug-likeness (QED) is 0.793.